The van der Waals surface area contributed by atoms with Crippen LogP contribution < -0.4 is 0 Å². The summed E-state index contributed by atoms with van der Waals surface area (Å²) in [6.07, 6.45) is 6.55. The van der Waals surface area contributed by atoms with Crippen molar-refractivity contribution in [3.05, 3.63) is 47.5 Å². The molecule has 1 heterocycles. The average Bonchev–Trinajstić information content (AvgIpc) is 3.38. The molecule has 0 bridgehead atoms. The highest BCUT2D eigenvalue weighted by Crippen LogP contribution is 2.43. The number of amides is 1. The van der Waals surface area contributed by atoms with E-state index in [2.05, 4.69) is 6.58 Å². The Hall–Kier alpha value is -1.32. The SMILES string of the molecule is C=CCC1CCC(c2ccc(Cl)cc2)N(C(CO)C2CC2)C1=O. The molecule has 1 aliphatic carbocycles. The Morgan fingerprint density at radius 1 is 1.26 bits per heavy atom. The maximum Gasteiger partial charge on any atom is 0.226 e. The minimum absolute atomic E-state index is 0.00357. The summed E-state index contributed by atoms with van der Waals surface area (Å²) < 4.78 is 0. The van der Waals surface area contributed by atoms with Gasteiger partial charge < -0.3 is 10.0 Å². The normalized spacial score (nSPS) is 26.2. The Labute approximate surface area is 142 Å². The number of benzene rings is 1. The molecule has 0 aromatic heterocycles. The summed E-state index contributed by atoms with van der Waals surface area (Å²) in [6, 6.07) is 7.74. The number of allylic oxidation sites excluding steroid dienone is 1. The third-order valence-corrected chi connectivity index (χ3v) is 5.40. The molecular formula is C19H24ClNO2. The molecule has 0 radical (unpaired) electrons. The van der Waals surface area contributed by atoms with E-state index in [0.717, 1.165) is 31.2 Å². The van der Waals surface area contributed by atoms with Crippen molar-refractivity contribution < 1.29 is 9.90 Å². The van der Waals surface area contributed by atoms with Gasteiger partial charge in [0.2, 0.25) is 5.91 Å². The molecule has 1 aromatic carbocycles. The number of piperidine rings is 1. The van der Waals surface area contributed by atoms with Gasteiger partial charge in [-0.15, -0.1) is 6.58 Å². The van der Waals surface area contributed by atoms with Crippen LogP contribution in [0, 0.1) is 11.8 Å². The van der Waals surface area contributed by atoms with Crippen molar-refractivity contribution in [3.63, 3.8) is 0 Å². The molecule has 3 rings (SSSR count). The zero-order valence-corrected chi connectivity index (χ0v) is 14.1. The van der Waals surface area contributed by atoms with Crippen molar-refractivity contribution >= 4 is 17.5 Å². The van der Waals surface area contributed by atoms with Crippen LogP contribution in [0.4, 0.5) is 0 Å². The third kappa shape index (κ3) is 3.46. The van der Waals surface area contributed by atoms with Gasteiger partial charge in [0.1, 0.15) is 0 Å². The molecule has 2 aliphatic rings. The molecule has 1 N–H and O–H groups in total. The smallest absolute Gasteiger partial charge is 0.226 e. The molecule has 3 atom stereocenters. The average molecular weight is 334 g/mol. The highest BCUT2D eigenvalue weighted by Gasteiger charge is 2.44. The largest absolute Gasteiger partial charge is 0.394 e. The maximum absolute atomic E-state index is 13.0. The van der Waals surface area contributed by atoms with Crippen LogP contribution in [0.1, 0.15) is 43.7 Å². The van der Waals surface area contributed by atoms with Crippen LogP contribution in [0.2, 0.25) is 5.02 Å². The highest BCUT2D eigenvalue weighted by molar-refractivity contribution is 6.30. The van der Waals surface area contributed by atoms with E-state index in [1.54, 1.807) is 0 Å². The summed E-state index contributed by atoms with van der Waals surface area (Å²) in [4.78, 5) is 15.0. The van der Waals surface area contributed by atoms with Crippen LogP contribution in [0.5, 0.6) is 0 Å². The molecular weight excluding hydrogens is 310 g/mol. The molecule has 1 saturated heterocycles. The number of nitrogens with zero attached hydrogens (tertiary/aromatic N) is 1. The van der Waals surface area contributed by atoms with Gasteiger partial charge in [-0.2, -0.15) is 0 Å². The lowest BCUT2D eigenvalue weighted by molar-refractivity contribution is -0.147. The van der Waals surface area contributed by atoms with Gasteiger partial charge in [0.15, 0.2) is 0 Å². The molecule has 1 amide bonds. The van der Waals surface area contributed by atoms with Crippen molar-refractivity contribution in [1.82, 2.24) is 4.90 Å². The Kier molecular flexibility index (Phi) is 5.08. The van der Waals surface area contributed by atoms with Gasteiger partial charge in [0, 0.05) is 10.9 Å². The second-order valence-electron chi connectivity index (χ2n) is 6.70. The molecule has 4 heteroatoms. The van der Waals surface area contributed by atoms with Crippen LogP contribution in [-0.4, -0.2) is 28.6 Å². The monoisotopic (exact) mass is 333 g/mol. The Balaban J connectivity index is 1.91. The standard InChI is InChI=1S/C19H24ClNO2/c1-2-3-15-8-11-17(13-6-9-16(20)10-7-13)21(19(15)23)18(12-22)14-4-5-14/h2,6-7,9-10,14-15,17-18,22H,1,3-5,8,11-12H2. The lowest BCUT2D eigenvalue weighted by atomic mass is 9.85. The van der Waals surface area contributed by atoms with Crippen LogP contribution >= 0.6 is 11.6 Å². The fraction of sp³-hybridized carbons (Fsp3) is 0.526. The number of aliphatic hydroxyl groups is 1. The van der Waals surface area contributed by atoms with E-state index in [4.69, 9.17) is 11.6 Å². The van der Waals surface area contributed by atoms with Gasteiger partial charge in [0.05, 0.1) is 18.7 Å². The van der Waals surface area contributed by atoms with E-state index < -0.39 is 0 Å². The molecule has 124 valence electrons. The number of hydrogen-bond donors (Lipinski definition) is 1. The fourth-order valence-corrected chi connectivity index (χ4v) is 3.88. The predicted molar refractivity (Wildman–Crippen MR) is 92.2 cm³/mol. The van der Waals surface area contributed by atoms with Crippen LogP contribution in [0.15, 0.2) is 36.9 Å². The number of halogens is 1. The zero-order valence-electron chi connectivity index (χ0n) is 13.3. The van der Waals surface area contributed by atoms with E-state index in [0.29, 0.717) is 17.4 Å². The van der Waals surface area contributed by atoms with E-state index in [9.17, 15) is 9.90 Å². The molecule has 3 nitrogen and oxygen atoms in total. The Bertz CT molecular complexity index is 567. The number of rotatable bonds is 6. The summed E-state index contributed by atoms with van der Waals surface area (Å²) in [5.41, 5.74) is 1.11. The van der Waals surface area contributed by atoms with Gasteiger partial charge in [0.25, 0.3) is 0 Å². The van der Waals surface area contributed by atoms with E-state index in [1.165, 1.54) is 0 Å². The summed E-state index contributed by atoms with van der Waals surface area (Å²) >= 11 is 6.00. The van der Waals surface area contributed by atoms with Crippen molar-refractivity contribution in [2.75, 3.05) is 6.61 Å². The van der Waals surface area contributed by atoms with Crippen molar-refractivity contribution in [1.29, 1.82) is 0 Å². The zero-order chi connectivity index (χ0) is 16.4. The summed E-state index contributed by atoms with van der Waals surface area (Å²) in [5.74, 6) is 0.618. The first-order chi connectivity index (χ1) is 11.2. The van der Waals surface area contributed by atoms with Gasteiger partial charge in [-0.3, -0.25) is 4.79 Å². The van der Waals surface area contributed by atoms with Gasteiger partial charge >= 0.3 is 0 Å². The molecule has 2 fully saturated rings. The second kappa shape index (κ2) is 7.06. The molecule has 3 unspecified atom stereocenters. The first-order valence-corrected chi connectivity index (χ1v) is 8.83. The fourth-order valence-electron chi connectivity index (χ4n) is 3.76. The lowest BCUT2D eigenvalue weighted by Gasteiger charge is -2.44. The Morgan fingerprint density at radius 2 is 1.96 bits per heavy atom. The number of aliphatic hydroxyl groups excluding tert-OH is 1. The van der Waals surface area contributed by atoms with E-state index >= 15 is 0 Å². The van der Waals surface area contributed by atoms with Gasteiger partial charge in [-0.1, -0.05) is 29.8 Å². The van der Waals surface area contributed by atoms with Crippen LogP contribution in [0.25, 0.3) is 0 Å². The summed E-state index contributed by atoms with van der Waals surface area (Å²) in [5, 5.41) is 10.6. The molecule has 0 spiro atoms. The topological polar surface area (TPSA) is 40.5 Å². The number of carbonyl (C=O) groups excluding carboxylic acids is 1. The first kappa shape index (κ1) is 16.5. The van der Waals surface area contributed by atoms with E-state index in [1.807, 2.05) is 35.2 Å². The van der Waals surface area contributed by atoms with Gasteiger partial charge in [-0.05, 0) is 55.7 Å². The maximum atomic E-state index is 13.0. The molecule has 1 aromatic rings. The first-order valence-electron chi connectivity index (χ1n) is 8.45. The predicted octanol–water partition coefficient (Wildman–Crippen LogP) is 3.97. The number of likely N-dealkylation sites (tertiary alicyclic amines) is 1. The highest BCUT2D eigenvalue weighted by atomic mass is 35.5. The van der Waals surface area contributed by atoms with Crippen molar-refractivity contribution in [2.24, 2.45) is 11.8 Å². The third-order valence-electron chi connectivity index (χ3n) is 5.14. The lowest BCUT2D eigenvalue weighted by Crippen LogP contribution is -2.51. The van der Waals surface area contributed by atoms with Crippen LogP contribution in [0.3, 0.4) is 0 Å². The quantitative estimate of drug-likeness (QED) is 0.800. The summed E-state index contributed by atoms with van der Waals surface area (Å²) in [7, 11) is 0. The minimum Gasteiger partial charge on any atom is -0.394 e. The minimum atomic E-state index is -0.0595. The molecule has 1 aliphatic heterocycles. The van der Waals surface area contributed by atoms with E-state index in [-0.39, 0.29) is 30.5 Å². The van der Waals surface area contributed by atoms with Crippen molar-refractivity contribution in [3.8, 4) is 0 Å². The number of hydrogen-bond acceptors (Lipinski definition) is 2. The van der Waals surface area contributed by atoms with Gasteiger partial charge in [-0.25, -0.2) is 0 Å². The van der Waals surface area contributed by atoms with Crippen LogP contribution in [-0.2, 0) is 4.79 Å². The Morgan fingerprint density at radius 3 is 2.52 bits per heavy atom. The second-order valence-corrected chi connectivity index (χ2v) is 7.14. The molecule has 1 saturated carbocycles. The summed E-state index contributed by atoms with van der Waals surface area (Å²) in [6.45, 7) is 3.82. The van der Waals surface area contributed by atoms with Crippen molar-refractivity contribution in [2.45, 2.75) is 44.2 Å². The number of carbonyl (C=O) groups is 1. The molecule has 23 heavy (non-hydrogen) atoms.